The van der Waals surface area contributed by atoms with Gasteiger partial charge >= 0.3 is 0 Å². The second-order valence-corrected chi connectivity index (χ2v) is 7.03. The summed E-state index contributed by atoms with van der Waals surface area (Å²) < 4.78 is 11.7. The molecule has 0 aliphatic carbocycles. The molecule has 3 heteroatoms. The molecule has 0 spiro atoms. The maximum atomic E-state index is 11.8. The highest BCUT2D eigenvalue weighted by molar-refractivity contribution is 7.79. The number of benzene rings is 1. The van der Waals surface area contributed by atoms with Crippen LogP contribution in [-0.4, -0.2) is 18.9 Å². The lowest BCUT2D eigenvalue weighted by Crippen LogP contribution is -2.04. The minimum Gasteiger partial charge on any atom is -0.316 e. The molecule has 0 radical (unpaired) electrons. The summed E-state index contributed by atoms with van der Waals surface area (Å²) in [4.78, 5) is 11.8. The Bertz CT molecular complexity index is 395. The molecule has 0 heterocycles. The van der Waals surface area contributed by atoms with E-state index < -0.39 is 7.14 Å². The van der Waals surface area contributed by atoms with E-state index in [1.807, 2.05) is 32.0 Å². The van der Waals surface area contributed by atoms with Crippen LogP contribution in [0.5, 0.6) is 0 Å². The Hall–Kier alpha value is -0.880. The highest BCUT2D eigenvalue weighted by atomic mass is 31.2. The van der Waals surface area contributed by atoms with E-state index >= 15 is 0 Å². The molecule has 0 atom stereocenters. The van der Waals surface area contributed by atoms with Crippen molar-refractivity contribution in [1.82, 2.24) is 0 Å². The Labute approximate surface area is 84.7 Å². The zero-order valence-electron chi connectivity index (χ0n) is 9.00. The Morgan fingerprint density at radius 2 is 1.57 bits per heavy atom. The average Bonchev–Trinajstić information content (AvgIpc) is 2.01. The van der Waals surface area contributed by atoms with Crippen LogP contribution in [0.3, 0.4) is 0 Å². The van der Waals surface area contributed by atoms with Crippen molar-refractivity contribution in [2.24, 2.45) is 0 Å². The van der Waals surface area contributed by atoms with Gasteiger partial charge in [0.25, 0.3) is 0 Å². The lowest BCUT2D eigenvalue weighted by atomic mass is 10.0. The quantitative estimate of drug-likeness (QED) is 0.703. The van der Waals surface area contributed by atoms with E-state index in [0.717, 1.165) is 11.1 Å². The normalized spacial score (nSPS) is 11.4. The molecule has 2 nitrogen and oxygen atoms in total. The predicted molar refractivity (Wildman–Crippen MR) is 59.7 cm³/mol. The molecule has 0 N–H and O–H groups in total. The van der Waals surface area contributed by atoms with Crippen molar-refractivity contribution in [1.29, 1.82) is 0 Å². The number of hydrogen-bond donors (Lipinski definition) is 0. The van der Waals surface area contributed by atoms with Crippen LogP contribution >= 0.6 is 7.14 Å². The van der Waals surface area contributed by atoms with Crippen LogP contribution in [-0.2, 0) is 4.57 Å². The summed E-state index contributed by atoms with van der Waals surface area (Å²) in [7, 11) is -2.67. The number of carbonyl (C=O) groups is 1. The van der Waals surface area contributed by atoms with Crippen LogP contribution in [0.15, 0.2) is 18.2 Å². The fourth-order valence-electron chi connectivity index (χ4n) is 1.42. The monoisotopic (exact) mass is 210 g/mol. The second-order valence-electron chi connectivity index (χ2n) is 3.92. The molecule has 0 saturated heterocycles. The first-order chi connectivity index (χ1) is 6.34. The number of rotatable bonds is 2. The van der Waals surface area contributed by atoms with Crippen LogP contribution in [0.1, 0.15) is 21.5 Å². The van der Waals surface area contributed by atoms with Gasteiger partial charge in [-0.15, -0.1) is 0 Å². The zero-order chi connectivity index (χ0) is 10.9. The first-order valence-corrected chi connectivity index (χ1v) is 7.10. The molecule has 76 valence electrons. The van der Waals surface area contributed by atoms with Gasteiger partial charge in [0, 0.05) is 5.56 Å². The summed E-state index contributed by atoms with van der Waals surface area (Å²) in [5.74, 6) is 0. The van der Waals surface area contributed by atoms with Gasteiger partial charge in [-0.3, -0.25) is 4.79 Å². The molecule has 0 unspecified atom stereocenters. The van der Waals surface area contributed by atoms with Gasteiger partial charge in [-0.25, -0.2) is 0 Å². The predicted octanol–water partition coefficient (Wildman–Crippen LogP) is 3.07. The van der Waals surface area contributed by atoms with Gasteiger partial charge in [0.05, 0.1) is 0 Å². The van der Waals surface area contributed by atoms with E-state index in [0.29, 0.717) is 5.56 Å². The van der Waals surface area contributed by atoms with Crippen molar-refractivity contribution in [3.05, 3.63) is 34.9 Å². The SMILES string of the molecule is Cc1cccc(C)c1C(=O)P(C)(C)=O. The Balaban J connectivity index is 3.34. The molecular weight excluding hydrogens is 195 g/mol. The molecule has 0 fully saturated rings. The van der Waals surface area contributed by atoms with E-state index in [9.17, 15) is 9.36 Å². The molecule has 0 bridgehead atoms. The van der Waals surface area contributed by atoms with Crippen molar-refractivity contribution >= 4 is 12.7 Å². The van der Waals surface area contributed by atoms with Gasteiger partial charge in [-0.05, 0) is 38.3 Å². The summed E-state index contributed by atoms with van der Waals surface area (Å²) in [6, 6.07) is 5.64. The highest BCUT2D eigenvalue weighted by Crippen LogP contribution is 2.41. The summed E-state index contributed by atoms with van der Waals surface area (Å²) in [5.41, 5.74) is 2.21. The first kappa shape index (κ1) is 11.2. The van der Waals surface area contributed by atoms with E-state index in [1.54, 1.807) is 0 Å². The zero-order valence-corrected chi connectivity index (χ0v) is 9.89. The van der Waals surface area contributed by atoms with E-state index in [-0.39, 0.29) is 5.52 Å². The molecule has 1 rings (SSSR count). The van der Waals surface area contributed by atoms with Gasteiger partial charge in [0.15, 0.2) is 0 Å². The van der Waals surface area contributed by atoms with Crippen molar-refractivity contribution < 1.29 is 9.36 Å². The minimum absolute atomic E-state index is 0.215. The van der Waals surface area contributed by atoms with Crippen LogP contribution in [0.25, 0.3) is 0 Å². The standard InChI is InChI=1S/C11H15O2P/c1-8-6-5-7-9(2)10(8)11(12)14(3,4)13/h5-7H,1-4H3. The summed E-state index contributed by atoms with van der Waals surface area (Å²) in [6.45, 7) is 6.77. The second kappa shape index (κ2) is 3.70. The molecule has 0 saturated carbocycles. The minimum atomic E-state index is -2.67. The summed E-state index contributed by atoms with van der Waals surface area (Å²) in [6.07, 6.45) is 0. The molecule has 1 aromatic carbocycles. The summed E-state index contributed by atoms with van der Waals surface area (Å²) >= 11 is 0. The summed E-state index contributed by atoms with van der Waals surface area (Å²) in [5, 5.41) is 0. The van der Waals surface area contributed by atoms with Crippen molar-refractivity contribution in [2.45, 2.75) is 13.8 Å². The molecule has 1 aromatic rings. The first-order valence-electron chi connectivity index (χ1n) is 4.50. The van der Waals surface area contributed by atoms with Gasteiger partial charge in [0.2, 0.25) is 5.52 Å². The Morgan fingerprint density at radius 1 is 1.14 bits per heavy atom. The fourth-order valence-corrected chi connectivity index (χ4v) is 2.31. The third kappa shape index (κ3) is 2.13. The highest BCUT2D eigenvalue weighted by Gasteiger charge is 2.23. The largest absolute Gasteiger partial charge is 0.316 e. The van der Waals surface area contributed by atoms with Gasteiger partial charge in [-0.2, -0.15) is 0 Å². The van der Waals surface area contributed by atoms with E-state index in [4.69, 9.17) is 0 Å². The third-order valence-corrected chi connectivity index (χ3v) is 3.39. The van der Waals surface area contributed by atoms with Crippen LogP contribution in [0.2, 0.25) is 0 Å². The van der Waals surface area contributed by atoms with E-state index in [1.165, 1.54) is 13.3 Å². The number of aryl methyl sites for hydroxylation is 2. The molecule has 0 amide bonds. The van der Waals surface area contributed by atoms with E-state index in [2.05, 4.69) is 0 Å². The maximum Gasteiger partial charge on any atom is 0.221 e. The molecule has 0 aromatic heterocycles. The van der Waals surface area contributed by atoms with Crippen molar-refractivity contribution in [3.8, 4) is 0 Å². The lowest BCUT2D eigenvalue weighted by Gasteiger charge is -2.10. The van der Waals surface area contributed by atoms with Gasteiger partial charge in [-0.1, -0.05) is 18.2 Å². The smallest absolute Gasteiger partial charge is 0.221 e. The van der Waals surface area contributed by atoms with Gasteiger partial charge in [0.1, 0.15) is 7.14 Å². The molecule has 14 heavy (non-hydrogen) atoms. The van der Waals surface area contributed by atoms with Crippen LogP contribution < -0.4 is 0 Å². The topological polar surface area (TPSA) is 34.1 Å². The number of carbonyl (C=O) groups excluding carboxylic acids is 1. The third-order valence-electron chi connectivity index (χ3n) is 2.18. The van der Waals surface area contributed by atoms with Gasteiger partial charge < -0.3 is 4.57 Å². The van der Waals surface area contributed by atoms with Crippen molar-refractivity contribution in [3.63, 3.8) is 0 Å². The number of hydrogen-bond acceptors (Lipinski definition) is 2. The maximum absolute atomic E-state index is 11.8. The average molecular weight is 210 g/mol. The molecule has 0 aliphatic rings. The van der Waals surface area contributed by atoms with Crippen molar-refractivity contribution in [2.75, 3.05) is 13.3 Å². The Morgan fingerprint density at radius 3 is 1.93 bits per heavy atom. The molecule has 0 aliphatic heterocycles. The van der Waals surface area contributed by atoms with Crippen LogP contribution in [0.4, 0.5) is 0 Å². The molecular formula is C11H15O2P. The van der Waals surface area contributed by atoms with Crippen LogP contribution in [0, 0.1) is 13.8 Å². The lowest BCUT2D eigenvalue weighted by molar-refractivity contribution is 0.107. The Kier molecular flexibility index (Phi) is 2.96. The fraction of sp³-hybridized carbons (Fsp3) is 0.364.